The highest BCUT2D eigenvalue weighted by atomic mass is 16.5. The highest BCUT2D eigenvalue weighted by molar-refractivity contribution is 5.41. The van der Waals surface area contributed by atoms with E-state index in [1.54, 1.807) is 0 Å². The van der Waals surface area contributed by atoms with Crippen LogP contribution in [0.2, 0.25) is 0 Å². The highest BCUT2D eigenvalue weighted by Gasteiger charge is 2.23. The lowest BCUT2D eigenvalue weighted by atomic mass is 9.78. The average molecular weight is 733 g/mol. The number of allylic oxidation sites excluding steroid dienone is 2. The van der Waals surface area contributed by atoms with Crippen LogP contribution in [0.4, 0.5) is 0 Å². The minimum absolute atomic E-state index is 0.0870. The summed E-state index contributed by atoms with van der Waals surface area (Å²) in [5.74, 6) is 1.94. The SMILES string of the molecule is CC=COC(C)CCCCCCCCCCCCOc1ccc(C(C)(C)c2ccc(OCCCCCCCCCCCCC(C)OC=CC)cc2)cc1. The normalized spacial score (nSPS) is 13.1. The molecule has 0 fully saturated rings. The first kappa shape index (κ1) is 46.3. The van der Waals surface area contributed by atoms with E-state index in [0.29, 0.717) is 12.2 Å². The lowest BCUT2D eigenvalue weighted by molar-refractivity contribution is 0.149. The summed E-state index contributed by atoms with van der Waals surface area (Å²) >= 11 is 0. The third kappa shape index (κ3) is 22.8. The Balaban J connectivity index is 1.48. The van der Waals surface area contributed by atoms with Crippen molar-refractivity contribution in [1.29, 1.82) is 0 Å². The van der Waals surface area contributed by atoms with Crippen molar-refractivity contribution in [2.75, 3.05) is 13.2 Å². The molecule has 0 N–H and O–H groups in total. The predicted octanol–water partition coefficient (Wildman–Crippen LogP) is 15.2. The summed E-state index contributed by atoms with van der Waals surface area (Å²) < 4.78 is 23.4. The molecular formula is C49H80O4. The number of hydrogen-bond acceptors (Lipinski definition) is 4. The van der Waals surface area contributed by atoms with Gasteiger partial charge in [0.05, 0.1) is 37.9 Å². The maximum atomic E-state index is 6.09. The van der Waals surface area contributed by atoms with Crippen LogP contribution in [0.25, 0.3) is 0 Å². The van der Waals surface area contributed by atoms with E-state index in [1.807, 2.05) is 38.5 Å². The zero-order chi connectivity index (χ0) is 38.2. The van der Waals surface area contributed by atoms with Crippen molar-refractivity contribution in [3.63, 3.8) is 0 Å². The molecule has 0 bridgehead atoms. The molecule has 2 aromatic rings. The fourth-order valence-corrected chi connectivity index (χ4v) is 6.94. The Morgan fingerprint density at radius 1 is 0.434 bits per heavy atom. The van der Waals surface area contributed by atoms with Crippen LogP contribution in [0, 0.1) is 0 Å². The molecule has 300 valence electrons. The first-order chi connectivity index (χ1) is 25.9. The molecule has 2 rings (SSSR count). The van der Waals surface area contributed by atoms with Gasteiger partial charge in [-0.2, -0.15) is 0 Å². The summed E-state index contributed by atoms with van der Waals surface area (Å²) in [7, 11) is 0. The van der Waals surface area contributed by atoms with Gasteiger partial charge in [-0.1, -0.05) is 153 Å². The van der Waals surface area contributed by atoms with Crippen LogP contribution < -0.4 is 9.47 Å². The predicted molar refractivity (Wildman–Crippen MR) is 228 cm³/mol. The Labute approximate surface area is 327 Å². The monoisotopic (exact) mass is 733 g/mol. The number of ether oxygens (including phenoxy) is 4. The smallest absolute Gasteiger partial charge is 0.119 e. The van der Waals surface area contributed by atoms with Crippen LogP contribution in [0.5, 0.6) is 11.5 Å². The third-order valence-corrected chi connectivity index (χ3v) is 10.6. The summed E-state index contributed by atoms with van der Waals surface area (Å²) in [6, 6.07) is 17.4. The van der Waals surface area contributed by atoms with Crippen LogP contribution >= 0.6 is 0 Å². The van der Waals surface area contributed by atoms with Crippen molar-refractivity contribution in [2.24, 2.45) is 0 Å². The molecule has 2 atom stereocenters. The molecule has 0 spiro atoms. The molecule has 0 aromatic heterocycles. The summed E-state index contributed by atoms with van der Waals surface area (Å²) in [5, 5.41) is 0. The molecule has 0 heterocycles. The molecule has 0 amide bonds. The van der Waals surface area contributed by atoms with Crippen LogP contribution in [0.15, 0.2) is 73.2 Å². The molecule has 0 saturated heterocycles. The molecule has 0 radical (unpaired) electrons. The minimum Gasteiger partial charge on any atom is -0.499 e. The summed E-state index contributed by atoms with van der Waals surface area (Å²) in [6.07, 6.45) is 36.8. The minimum atomic E-state index is -0.0870. The van der Waals surface area contributed by atoms with Crippen molar-refractivity contribution in [3.8, 4) is 11.5 Å². The average Bonchev–Trinajstić information content (AvgIpc) is 3.17. The van der Waals surface area contributed by atoms with Gasteiger partial charge in [-0.3, -0.25) is 0 Å². The number of benzene rings is 2. The van der Waals surface area contributed by atoms with Crippen molar-refractivity contribution in [3.05, 3.63) is 84.3 Å². The molecule has 53 heavy (non-hydrogen) atoms. The van der Waals surface area contributed by atoms with E-state index in [1.165, 1.54) is 127 Å². The Morgan fingerprint density at radius 2 is 0.717 bits per heavy atom. The summed E-state index contributed by atoms with van der Waals surface area (Å²) in [4.78, 5) is 0. The molecule has 0 saturated carbocycles. The Morgan fingerprint density at radius 3 is 1.02 bits per heavy atom. The van der Waals surface area contributed by atoms with E-state index in [-0.39, 0.29) is 5.41 Å². The molecule has 2 aromatic carbocycles. The van der Waals surface area contributed by atoms with Gasteiger partial charge < -0.3 is 18.9 Å². The fraction of sp³-hybridized carbons (Fsp3) is 0.673. The highest BCUT2D eigenvalue weighted by Crippen LogP contribution is 2.33. The van der Waals surface area contributed by atoms with Crippen LogP contribution in [-0.4, -0.2) is 25.4 Å². The second-order valence-corrected chi connectivity index (χ2v) is 15.9. The topological polar surface area (TPSA) is 36.9 Å². The second kappa shape index (κ2) is 30.4. The fourth-order valence-electron chi connectivity index (χ4n) is 6.94. The molecule has 4 heteroatoms. The zero-order valence-electron chi connectivity index (χ0n) is 35.2. The van der Waals surface area contributed by atoms with Crippen molar-refractivity contribution in [2.45, 2.75) is 200 Å². The van der Waals surface area contributed by atoms with Crippen molar-refractivity contribution >= 4 is 0 Å². The van der Waals surface area contributed by atoms with Gasteiger partial charge in [0.25, 0.3) is 0 Å². The molecular weight excluding hydrogens is 653 g/mol. The van der Waals surface area contributed by atoms with Gasteiger partial charge in [0.1, 0.15) is 11.5 Å². The summed E-state index contributed by atoms with van der Waals surface area (Å²) in [5.41, 5.74) is 2.51. The zero-order valence-corrected chi connectivity index (χ0v) is 35.2. The number of hydrogen-bond donors (Lipinski definition) is 0. The molecule has 0 aliphatic heterocycles. The Kier molecular flexibility index (Phi) is 26.6. The van der Waals surface area contributed by atoms with Crippen molar-refractivity contribution < 1.29 is 18.9 Å². The standard InChI is InChI=1S/C49H80O4/c1-7-39-50-43(3)29-25-21-17-13-9-11-15-19-23-27-41-52-47-35-31-45(32-36-47)49(5,6)46-33-37-48(38-34-46)53-42-28-24-20-16-12-10-14-18-22-26-30-44(4)51-40-8-2/h7-8,31-40,43-44H,9-30,41-42H2,1-6H3. The Hall–Kier alpha value is -2.88. The van der Waals surface area contributed by atoms with Gasteiger partial charge in [-0.25, -0.2) is 0 Å². The maximum absolute atomic E-state index is 6.09. The van der Waals surface area contributed by atoms with Gasteiger partial charge in [-0.15, -0.1) is 0 Å². The first-order valence-corrected chi connectivity index (χ1v) is 21.9. The van der Waals surface area contributed by atoms with Crippen LogP contribution in [-0.2, 0) is 14.9 Å². The van der Waals surface area contributed by atoms with E-state index >= 15 is 0 Å². The van der Waals surface area contributed by atoms with Gasteiger partial charge in [0.2, 0.25) is 0 Å². The van der Waals surface area contributed by atoms with E-state index < -0.39 is 0 Å². The van der Waals surface area contributed by atoms with Crippen molar-refractivity contribution in [1.82, 2.24) is 0 Å². The Bertz CT molecular complexity index is 1070. The molecule has 2 unspecified atom stereocenters. The van der Waals surface area contributed by atoms with E-state index in [2.05, 4.69) is 76.2 Å². The summed E-state index contributed by atoms with van der Waals surface area (Å²) in [6.45, 7) is 14.5. The van der Waals surface area contributed by atoms with Gasteiger partial charge in [-0.05, 0) is 102 Å². The van der Waals surface area contributed by atoms with Gasteiger partial charge in [0.15, 0.2) is 0 Å². The van der Waals surface area contributed by atoms with Gasteiger partial charge in [0, 0.05) is 5.41 Å². The maximum Gasteiger partial charge on any atom is 0.119 e. The van der Waals surface area contributed by atoms with Crippen LogP contribution in [0.3, 0.4) is 0 Å². The molecule has 0 aliphatic carbocycles. The molecule has 0 aliphatic rings. The lowest BCUT2D eigenvalue weighted by Gasteiger charge is -2.26. The number of rotatable bonds is 34. The van der Waals surface area contributed by atoms with Crippen LogP contribution in [0.1, 0.15) is 194 Å². The van der Waals surface area contributed by atoms with Gasteiger partial charge >= 0.3 is 0 Å². The molecule has 4 nitrogen and oxygen atoms in total. The second-order valence-electron chi connectivity index (χ2n) is 15.9. The third-order valence-electron chi connectivity index (χ3n) is 10.6. The first-order valence-electron chi connectivity index (χ1n) is 21.9. The van der Waals surface area contributed by atoms with E-state index in [0.717, 1.165) is 50.4 Å². The quantitative estimate of drug-likeness (QED) is 0.0530. The van der Waals surface area contributed by atoms with E-state index in [4.69, 9.17) is 18.9 Å². The lowest BCUT2D eigenvalue weighted by Crippen LogP contribution is -2.18. The number of unbranched alkanes of at least 4 members (excludes halogenated alkanes) is 18. The van der Waals surface area contributed by atoms with E-state index in [9.17, 15) is 0 Å². The largest absolute Gasteiger partial charge is 0.499 e.